The number of nitrogens with zero attached hydrogens (tertiary/aromatic N) is 2. The van der Waals surface area contributed by atoms with Gasteiger partial charge in [-0.05, 0) is 44.0 Å². The number of carbonyl (C=O) groups excluding carboxylic acids is 2. The van der Waals surface area contributed by atoms with Crippen molar-refractivity contribution in [1.29, 1.82) is 0 Å². The molecule has 1 fully saturated rings. The summed E-state index contributed by atoms with van der Waals surface area (Å²) in [5, 5.41) is 15.5. The van der Waals surface area contributed by atoms with E-state index in [2.05, 4.69) is 15.6 Å². The summed E-state index contributed by atoms with van der Waals surface area (Å²) in [5.74, 6) is 0.419. The van der Waals surface area contributed by atoms with E-state index < -0.39 is 12.1 Å². The van der Waals surface area contributed by atoms with Crippen LogP contribution in [-0.4, -0.2) is 39.6 Å². The maximum Gasteiger partial charge on any atom is 0.324 e. The first-order valence-electron chi connectivity index (χ1n) is 8.66. The van der Waals surface area contributed by atoms with Crippen molar-refractivity contribution in [3.63, 3.8) is 0 Å². The molecule has 0 bridgehead atoms. The van der Waals surface area contributed by atoms with E-state index in [0.29, 0.717) is 36.5 Å². The van der Waals surface area contributed by atoms with Gasteiger partial charge in [0.25, 0.3) is 5.91 Å². The number of aryl methyl sites for hydroxylation is 1. The first-order chi connectivity index (χ1) is 12.5. The van der Waals surface area contributed by atoms with Gasteiger partial charge in [0.1, 0.15) is 5.82 Å². The van der Waals surface area contributed by atoms with Crippen LogP contribution in [0.2, 0.25) is 0 Å². The first-order valence-corrected chi connectivity index (χ1v) is 8.66. The van der Waals surface area contributed by atoms with Crippen molar-refractivity contribution in [1.82, 2.24) is 9.88 Å². The van der Waals surface area contributed by atoms with E-state index in [1.165, 1.54) is 0 Å². The molecule has 0 radical (unpaired) electrons. The molecule has 0 saturated carbocycles. The van der Waals surface area contributed by atoms with Crippen molar-refractivity contribution in [3.05, 3.63) is 53.2 Å². The molecule has 0 spiro atoms. The first kappa shape index (κ1) is 16.5. The molecule has 2 aliphatic rings. The maximum absolute atomic E-state index is 12.6. The van der Waals surface area contributed by atoms with E-state index >= 15 is 0 Å². The topological polar surface area (TPSA) is 94.6 Å². The minimum atomic E-state index is -0.437. The van der Waals surface area contributed by atoms with Gasteiger partial charge >= 0.3 is 6.03 Å². The third kappa shape index (κ3) is 2.90. The Morgan fingerprint density at radius 2 is 2.04 bits per heavy atom. The average Bonchev–Trinajstić information content (AvgIpc) is 2.88. The Balaban J connectivity index is 1.59. The Morgan fingerprint density at radius 1 is 1.23 bits per heavy atom. The summed E-state index contributed by atoms with van der Waals surface area (Å²) in [6.07, 6.45) is 0.630. The van der Waals surface area contributed by atoms with E-state index in [1.54, 1.807) is 29.2 Å². The van der Waals surface area contributed by atoms with Crippen LogP contribution in [0.4, 0.5) is 16.3 Å². The zero-order chi connectivity index (χ0) is 18.3. The average molecular weight is 352 g/mol. The third-order valence-electron chi connectivity index (χ3n) is 4.88. The second-order valence-electron chi connectivity index (χ2n) is 6.70. The van der Waals surface area contributed by atoms with Crippen LogP contribution in [0.1, 0.15) is 40.5 Å². The van der Waals surface area contributed by atoms with Gasteiger partial charge in [-0.25, -0.2) is 9.78 Å². The third-order valence-corrected chi connectivity index (χ3v) is 4.88. The van der Waals surface area contributed by atoms with Crippen LogP contribution < -0.4 is 10.6 Å². The highest BCUT2D eigenvalue weighted by Crippen LogP contribution is 2.43. The van der Waals surface area contributed by atoms with Crippen molar-refractivity contribution >= 4 is 23.4 Å². The summed E-state index contributed by atoms with van der Waals surface area (Å²) in [6, 6.07) is 10.1. The molecule has 134 valence electrons. The molecule has 2 aliphatic heterocycles. The summed E-state index contributed by atoms with van der Waals surface area (Å²) in [6.45, 7) is 2.37. The number of aromatic nitrogens is 1. The highest BCUT2D eigenvalue weighted by atomic mass is 16.3. The Bertz CT molecular complexity index is 883. The lowest BCUT2D eigenvalue weighted by molar-refractivity contribution is 0.0391. The van der Waals surface area contributed by atoms with Gasteiger partial charge < -0.3 is 15.3 Å². The molecule has 0 unspecified atom stereocenters. The summed E-state index contributed by atoms with van der Waals surface area (Å²) in [7, 11) is 0. The number of carbonyl (C=O) groups is 2. The van der Waals surface area contributed by atoms with Gasteiger partial charge in [0.05, 0.1) is 12.1 Å². The SMILES string of the molecule is Cc1cccc(NC(=O)Nc2cccc3c2[C@@H]2C[C@H](O)CCN2C3=O)n1. The smallest absolute Gasteiger partial charge is 0.324 e. The molecule has 1 aromatic heterocycles. The Morgan fingerprint density at radius 3 is 2.85 bits per heavy atom. The van der Waals surface area contributed by atoms with Gasteiger partial charge in [-0.2, -0.15) is 0 Å². The highest BCUT2D eigenvalue weighted by molar-refractivity contribution is 6.05. The molecule has 3 amide bonds. The zero-order valence-corrected chi connectivity index (χ0v) is 14.4. The monoisotopic (exact) mass is 352 g/mol. The van der Waals surface area contributed by atoms with Crippen molar-refractivity contribution in [3.8, 4) is 0 Å². The lowest BCUT2D eigenvalue weighted by atomic mass is 9.94. The van der Waals surface area contributed by atoms with Gasteiger partial charge in [0.2, 0.25) is 0 Å². The summed E-state index contributed by atoms with van der Waals surface area (Å²) in [4.78, 5) is 31.0. The Labute approximate surface area is 151 Å². The molecular formula is C19H20N4O3. The number of nitrogens with one attached hydrogen (secondary N) is 2. The number of anilines is 2. The molecule has 1 aromatic carbocycles. The number of hydrogen-bond acceptors (Lipinski definition) is 4. The molecule has 4 rings (SSSR count). The van der Waals surface area contributed by atoms with Crippen LogP contribution in [0.3, 0.4) is 0 Å². The van der Waals surface area contributed by atoms with E-state index in [4.69, 9.17) is 0 Å². The van der Waals surface area contributed by atoms with Crippen molar-refractivity contribution < 1.29 is 14.7 Å². The van der Waals surface area contributed by atoms with Crippen LogP contribution in [-0.2, 0) is 0 Å². The molecule has 3 N–H and O–H groups in total. The molecule has 7 heteroatoms. The van der Waals surface area contributed by atoms with Crippen molar-refractivity contribution in [2.75, 3.05) is 17.2 Å². The second-order valence-corrected chi connectivity index (χ2v) is 6.70. The van der Waals surface area contributed by atoms with Crippen LogP contribution in [0.15, 0.2) is 36.4 Å². The van der Waals surface area contributed by atoms with Gasteiger partial charge in [-0.1, -0.05) is 12.1 Å². The number of urea groups is 1. The second kappa shape index (κ2) is 6.42. The number of aliphatic hydroxyl groups excluding tert-OH is 1. The number of amides is 3. The highest BCUT2D eigenvalue weighted by Gasteiger charge is 2.41. The largest absolute Gasteiger partial charge is 0.393 e. The molecule has 2 aromatic rings. The number of piperidine rings is 1. The molecule has 1 saturated heterocycles. The van der Waals surface area contributed by atoms with Gasteiger partial charge in [0, 0.05) is 29.1 Å². The maximum atomic E-state index is 12.6. The fraction of sp³-hybridized carbons (Fsp3) is 0.316. The van der Waals surface area contributed by atoms with Crippen LogP contribution in [0, 0.1) is 6.92 Å². The van der Waals surface area contributed by atoms with Crippen LogP contribution in [0.25, 0.3) is 0 Å². The van der Waals surface area contributed by atoms with E-state index in [-0.39, 0.29) is 11.9 Å². The molecule has 0 aliphatic carbocycles. The lowest BCUT2D eigenvalue weighted by Gasteiger charge is -2.33. The Hall–Kier alpha value is -2.93. The molecule has 3 heterocycles. The lowest BCUT2D eigenvalue weighted by Crippen LogP contribution is -2.37. The minimum absolute atomic E-state index is 0.0405. The molecule has 26 heavy (non-hydrogen) atoms. The standard InChI is InChI=1S/C19H20N4O3/c1-11-4-2-7-16(20-11)22-19(26)21-14-6-3-5-13-17(14)15-10-12(24)8-9-23(15)18(13)25/h2-7,12,15,24H,8-10H2,1H3,(H2,20,21,22,26)/t12-,15+/m1/s1. The summed E-state index contributed by atoms with van der Waals surface area (Å²) in [5.41, 5.74) is 2.77. The number of hydrogen-bond donors (Lipinski definition) is 3. The summed E-state index contributed by atoms with van der Waals surface area (Å²) < 4.78 is 0. The van der Waals surface area contributed by atoms with Crippen LogP contribution in [0.5, 0.6) is 0 Å². The number of benzene rings is 1. The fourth-order valence-corrected chi connectivity index (χ4v) is 3.72. The normalized spacial score (nSPS) is 21.2. The van der Waals surface area contributed by atoms with Gasteiger partial charge in [-0.15, -0.1) is 0 Å². The van der Waals surface area contributed by atoms with Crippen LogP contribution >= 0.6 is 0 Å². The predicted octanol–water partition coefficient (Wildman–Crippen LogP) is 2.69. The number of pyridine rings is 1. The van der Waals surface area contributed by atoms with Gasteiger partial charge in [-0.3, -0.25) is 10.1 Å². The molecule has 2 atom stereocenters. The molecule has 7 nitrogen and oxygen atoms in total. The zero-order valence-electron chi connectivity index (χ0n) is 14.4. The molecular weight excluding hydrogens is 332 g/mol. The quantitative estimate of drug-likeness (QED) is 0.774. The van der Waals surface area contributed by atoms with Gasteiger partial charge in [0.15, 0.2) is 0 Å². The Kier molecular flexibility index (Phi) is 4.08. The number of fused-ring (bicyclic) bond motifs is 3. The van der Waals surface area contributed by atoms with E-state index in [0.717, 1.165) is 11.3 Å². The minimum Gasteiger partial charge on any atom is -0.393 e. The summed E-state index contributed by atoms with van der Waals surface area (Å²) >= 11 is 0. The van der Waals surface area contributed by atoms with E-state index in [1.807, 2.05) is 19.1 Å². The van der Waals surface area contributed by atoms with Crippen molar-refractivity contribution in [2.45, 2.75) is 31.9 Å². The number of rotatable bonds is 2. The van der Waals surface area contributed by atoms with E-state index in [9.17, 15) is 14.7 Å². The fourth-order valence-electron chi connectivity index (χ4n) is 3.72. The number of aliphatic hydroxyl groups is 1. The van der Waals surface area contributed by atoms with Crippen molar-refractivity contribution in [2.24, 2.45) is 0 Å². The predicted molar refractivity (Wildman–Crippen MR) is 97.1 cm³/mol.